The quantitative estimate of drug-likeness (QED) is 0.750. The van der Waals surface area contributed by atoms with Crippen LogP contribution in [0.1, 0.15) is 24.4 Å². The fourth-order valence-corrected chi connectivity index (χ4v) is 2.39. The average molecular weight is 325 g/mol. The van der Waals surface area contributed by atoms with E-state index >= 15 is 0 Å². The van der Waals surface area contributed by atoms with Gasteiger partial charge in [0, 0.05) is 25.1 Å². The van der Waals surface area contributed by atoms with E-state index in [0.717, 1.165) is 11.3 Å². The molecule has 0 aliphatic heterocycles. The van der Waals surface area contributed by atoms with Crippen molar-refractivity contribution < 1.29 is 4.79 Å². The van der Waals surface area contributed by atoms with Gasteiger partial charge in [-0.1, -0.05) is 12.1 Å². The van der Waals surface area contributed by atoms with Crippen molar-refractivity contribution in [1.82, 2.24) is 29.9 Å². The van der Waals surface area contributed by atoms with Crippen LogP contribution in [0.15, 0.2) is 49.1 Å². The maximum Gasteiger partial charge on any atom is 0.319 e. The fourth-order valence-electron chi connectivity index (χ4n) is 2.39. The molecule has 2 amide bonds. The third-order valence-electron chi connectivity index (χ3n) is 3.60. The Morgan fingerprint density at radius 3 is 2.71 bits per heavy atom. The monoisotopic (exact) mass is 325 g/mol. The van der Waals surface area contributed by atoms with Crippen LogP contribution in [0.5, 0.6) is 0 Å². The van der Waals surface area contributed by atoms with Gasteiger partial charge in [0.2, 0.25) is 0 Å². The summed E-state index contributed by atoms with van der Waals surface area (Å²) in [5.41, 5.74) is 1.83. The van der Waals surface area contributed by atoms with E-state index in [2.05, 4.69) is 25.9 Å². The van der Waals surface area contributed by atoms with E-state index in [1.165, 1.54) is 0 Å². The number of aromatic nitrogens is 5. The Kier molecular flexibility index (Phi) is 4.55. The van der Waals surface area contributed by atoms with Crippen molar-refractivity contribution in [3.05, 3.63) is 60.4 Å². The lowest BCUT2D eigenvalue weighted by Crippen LogP contribution is -2.32. The third kappa shape index (κ3) is 3.78. The Morgan fingerprint density at radius 1 is 1.29 bits per heavy atom. The minimum absolute atomic E-state index is 0.239. The average Bonchev–Trinajstić information content (AvgIpc) is 3.20. The molecule has 0 radical (unpaired) electrons. The standard InChI is InChI=1S/C16H19N7O/c1-12(15-21-17-11-22(15)2)19-16(24)20-14-6-4-13(5-7-14)10-23-9-3-8-18-23/h3-9,11-12H,10H2,1-2H3,(H2,19,20,24). The molecule has 0 aliphatic carbocycles. The molecule has 2 heterocycles. The van der Waals surface area contributed by atoms with Crippen molar-refractivity contribution in [2.24, 2.45) is 7.05 Å². The Balaban J connectivity index is 1.55. The summed E-state index contributed by atoms with van der Waals surface area (Å²) in [5.74, 6) is 0.694. The van der Waals surface area contributed by atoms with Crippen LogP contribution >= 0.6 is 0 Å². The lowest BCUT2D eigenvalue weighted by atomic mass is 10.2. The summed E-state index contributed by atoms with van der Waals surface area (Å²) >= 11 is 0. The van der Waals surface area contributed by atoms with Crippen molar-refractivity contribution in [3.63, 3.8) is 0 Å². The Bertz CT molecular complexity index is 792. The summed E-state index contributed by atoms with van der Waals surface area (Å²) in [7, 11) is 1.84. The van der Waals surface area contributed by atoms with Crippen molar-refractivity contribution in [1.29, 1.82) is 0 Å². The van der Waals surface area contributed by atoms with E-state index in [0.29, 0.717) is 12.4 Å². The van der Waals surface area contributed by atoms with Crippen molar-refractivity contribution >= 4 is 11.7 Å². The molecule has 124 valence electrons. The van der Waals surface area contributed by atoms with Gasteiger partial charge >= 0.3 is 6.03 Å². The zero-order valence-corrected chi connectivity index (χ0v) is 13.5. The minimum Gasteiger partial charge on any atom is -0.328 e. The first kappa shape index (κ1) is 15.7. The first-order chi connectivity index (χ1) is 11.6. The SMILES string of the molecule is CC(NC(=O)Nc1ccc(Cn2cccn2)cc1)c1nncn1C. The van der Waals surface area contributed by atoms with Gasteiger partial charge in [-0.25, -0.2) is 4.79 Å². The number of nitrogens with zero attached hydrogens (tertiary/aromatic N) is 5. The van der Waals surface area contributed by atoms with Gasteiger partial charge in [0.05, 0.1) is 12.6 Å². The number of benzene rings is 1. The van der Waals surface area contributed by atoms with Crippen molar-refractivity contribution in [3.8, 4) is 0 Å². The molecular formula is C16H19N7O. The van der Waals surface area contributed by atoms with Crippen LogP contribution in [0.25, 0.3) is 0 Å². The predicted octanol–water partition coefficient (Wildman–Crippen LogP) is 1.94. The molecule has 0 saturated carbocycles. The number of rotatable bonds is 5. The molecular weight excluding hydrogens is 306 g/mol. The normalized spacial score (nSPS) is 11.9. The molecule has 0 aliphatic rings. The molecule has 24 heavy (non-hydrogen) atoms. The second kappa shape index (κ2) is 6.95. The molecule has 8 heteroatoms. The van der Waals surface area contributed by atoms with E-state index in [1.54, 1.807) is 17.1 Å². The second-order valence-electron chi connectivity index (χ2n) is 5.52. The van der Waals surface area contributed by atoms with Gasteiger partial charge in [0.1, 0.15) is 6.33 Å². The van der Waals surface area contributed by atoms with Crippen LogP contribution in [0.2, 0.25) is 0 Å². The molecule has 1 atom stereocenters. The van der Waals surface area contributed by atoms with Crippen LogP contribution in [0, 0.1) is 0 Å². The van der Waals surface area contributed by atoms with Crippen LogP contribution in [0.3, 0.4) is 0 Å². The lowest BCUT2D eigenvalue weighted by Gasteiger charge is -2.14. The number of hydrogen-bond acceptors (Lipinski definition) is 4. The summed E-state index contributed by atoms with van der Waals surface area (Å²) in [6, 6.07) is 9.02. The second-order valence-corrected chi connectivity index (χ2v) is 5.52. The molecule has 2 N–H and O–H groups in total. The number of nitrogens with one attached hydrogen (secondary N) is 2. The number of anilines is 1. The van der Waals surface area contributed by atoms with Crippen LogP contribution in [-0.4, -0.2) is 30.6 Å². The zero-order valence-electron chi connectivity index (χ0n) is 13.5. The van der Waals surface area contributed by atoms with Gasteiger partial charge in [-0.2, -0.15) is 5.10 Å². The topological polar surface area (TPSA) is 89.7 Å². The molecule has 8 nitrogen and oxygen atoms in total. The first-order valence-electron chi connectivity index (χ1n) is 7.59. The largest absolute Gasteiger partial charge is 0.328 e. The van der Waals surface area contributed by atoms with E-state index in [9.17, 15) is 4.79 Å². The van der Waals surface area contributed by atoms with Gasteiger partial charge in [-0.3, -0.25) is 4.68 Å². The molecule has 3 aromatic rings. The molecule has 1 aromatic carbocycles. The lowest BCUT2D eigenvalue weighted by molar-refractivity contribution is 0.248. The van der Waals surface area contributed by atoms with Gasteiger partial charge in [-0.15, -0.1) is 10.2 Å². The predicted molar refractivity (Wildman–Crippen MR) is 89.3 cm³/mol. The molecule has 1 unspecified atom stereocenters. The highest BCUT2D eigenvalue weighted by Gasteiger charge is 2.14. The Labute approximate surface area is 139 Å². The zero-order chi connectivity index (χ0) is 16.9. The third-order valence-corrected chi connectivity index (χ3v) is 3.60. The van der Waals surface area contributed by atoms with E-state index in [-0.39, 0.29) is 12.1 Å². The Morgan fingerprint density at radius 2 is 2.08 bits per heavy atom. The maximum absolute atomic E-state index is 12.1. The van der Waals surface area contributed by atoms with Gasteiger partial charge in [0.15, 0.2) is 5.82 Å². The summed E-state index contributed by atoms with van der Waals surface area (Å²) < 4.78 is 3.62. The number of carbonyl (C=O) groups excluding carboxylic acids is 1. The molecule has 0 saturated heterocycles. The maximum atomic E-state index is 12.1. The highest BCUT2D eigenvalue weighted by Crippen LogP contribution is 2.12. The summed E-state index contributed by atoms with van der Waals surface area (Å²) in [6.45, 7) is 2.56. The molecule has 3 rings (SSSR count). The highest BCUT2D eigenvalue weighted by molar-refractivity contribution is 5.89. The van der Waals surface area contributed by atoms with Gasteiger partial charge < -0.3 is 15.2 Å². The number of aryl methyl sites for hydroxylation is 1. The van der Waals surface area contributed by atoms with E-state index in [4.69, 9.17) is 0 Å². The highest BCUT2D eigenvalue weighted by atomic mass is 16.2. The first-order valence-corrected chi connectivity index (χ1v) is 7.59. The number of urea groups is 1. The summed E-state index contributed by atoms with van der Waals surface area (Å²) in [4.78, 5) is 12.1. The smallest absolute Gasteiger partial charge is 0.319 e. The Hall–Kier alpha value is -3.16. The van der Waals surface area contributed by atoms with E-state index in [1.807, 2.05) is 55.2 Å². The van der Waals surface area contributed by atoms with Crippen molar-refractivity contribution in [2.75, 3.05) is 5.32 Å². The van der Waals surface area contributed by atoms with Crippen LogP contribution in [-0.2, 0) is 13.6 Å². The number of hydrogen-bond donors (Lipinski definition) is 2. The number of amides is 2. The van der Waals surface area contributed by atoms with Gasteiger partial charge in [-0.05, 0) is 30.7 Å². The van der Waals surface area contributed by atoms with Crippen LogP contribution in [0.4, 0.5) is 10.5 Å². The molecule has 2 aromatic heterocycles. The fraction of sp³-hybridized carbons (Fsp3) is 0.250. The number of carbonyl (C=O) groups is 1. The summed E-state index contributed by atoms with van der Waals surface area (Å²) in [5, 5.41) is 17.6. The van der Waals surface area contributed by atoms with Crippen LogP contribution < -0.4 is 10.6 Å². The van der Waals surface area contributed by atoms with E-state index < -0.39 is 0 Å². The molecule has 0 fully saturated rings. The summed E-state index contributed by atoms with van der Waals surface area (Å²) in [6.07, 6.45) is 5.26. The molecule has 0 spiro atoms. The molecule has 0 bridgehead atoms. The van der Waals surface area contributed by atoms with Gasteiger partial charge in [0.25, 0.3) is 0 Å². The van der Waals surface area contributed by atoms with Crippen molar-refractivity contribution in [2.45, 2.75) is 19.5 Å². The minimum atomic E-state index is -0.287.